The van der Waals surface area contributed by atoms with E-state index in [1.165, 1.54) is 13.2 Å². The SMILES string of the molecule is COC(=O)C(O)c1ccc(OC2COC2)c(Cl)c1. The molecule has 1 aromatic rings. The fourth-order valence-electron chi connectivity index (χ4n) is 1.49. The lowest BCUT2D eigenvalue weighted by atomic mass is 10.1. The second-order valence-corrected chi connectivity index (χ2v) is 4.30. The summed E-state index contributed by atoms with van der Waals surface area (Å²) in [6.45, 7) is 1.09. The number of ether oxygens (including phenoxy) is 3. The largest absolute Gasteiger partial charge is 0.484 e. The molecule has 1 aliphatic rings. The van der Waals surface area contributed by atoms with Crippen LogP contribution in [0, 0.1) is 0 Å². The van der Waals surface area contributed by atoms with Gasteiger partial charge in [-0.2, -0.15) is 0 Å². The van der Waals surface area contributed by atoms with Gasteiger partial charge in [0.15, 0.2) is 6.10 Å². The van der Waals surface area contributed by atoms with Gasteiger partial charge >= 0.3 is 5.97 Å². The highest BCUT2D eigenvalue weighted by Gasteiger charge is 2.23. The first-order valence-electron chi connectivity index (χ1n) is 5.41. The van der Waals surface area contributed by atoms with Crippen molar-refractivity contribution >= 4 is 17.6 Å². The number of methoxy groups -OCH3 is 1. The van der Waals surface area contributed by atoms with E-state index < -0.39 is 12.1 Å². The van der Waals surface area contributed by atoms with Crippen LogP contribution in [-0.4, -0.2) is 37.5 Å². The number of carbonyl (C=O) groups is 1. The lowest BCUT2D eigenvalue weighted by molar-refractivity contribution is -0.150. The normalized spacial score (nSPS) is 16.8. The van der Waals surface area contributed by atoms with E-state index in [0.29, 0.717) is 29.5 Å². The molecule has 0 amide bonds. The average molecular weight is 273 g/mol. The minimum Gasteiger partial charge on any atom is -0.484 e. The molecule has 98 valence electrons. The third-order valence-electron chi connectivity index (χ3n) is 2.60. The van der Waals surface area contributed by atoms with E-state index in [4.69, 9.17) is 21.1 Å². The maximum absolute atomic E-state index is 11.2. The molecule has 1 saturated heterocycles. The van der Waals surface area contributed by atoms with Crippen LogP contribution in [0.15, 0.2) is 18.2 Å². The number of hydrogen-bond donors (Lipinski definition) is 1. The molecule has 6 heteroatoms. The number of benzene rings is 1. The molecule has 0 spiro atoms. The van der Waals surface area contributed by atoms with Crippen LogP contribution in [0.4, 0.5) is 0 Å². The van der Waals surface area contributed by atoms with Crippen LogP contribution < -0.4 is 4.74 Å². The Hall–Kier alpha value is -1.30. The molecule has 0 aromatic heterocycles. The monoisotopic (exact) mass is 272 g/mol. The van der Waals surface area contributed by atoms with Gasteiger partial charge in [0, 0.05) is 0 Å². The summed E-state index contributed by atoms with van der Waals surface area (Å²) in [6.07, 6.45) is -1.33. The van der Waals surface area contributed by atoms with E-state index in [1.807, 2.05) is 0 Å². The van der Waals surface area contributed by atoms with Crippen LogP contribution >= 0.6 is 11.6 Å². The van der Waals surface area contributed by atoms with Gasteiger partial charge in [-0.05, 0) is 17.7 Å². The molecule has 1 N–H and O–H groups in total. The molecule has 1 unspecified atom stereocenters. The highest BCUT2D eigenvalue weighted by molar-refractivity contribution is 6.32. The lowest BCUT2D eigenvalue weighted by Crippen LogP contribution is -2.38. The van der Waals surface area contributed by atoms with Crippen LogP contribution in [0.2, 0.25) is 5.02 Å². The van der Waals surface area contributed by atoms with E-state index in [2.05, 4.69) is 4.74 Å². The Kier molecular flexibility index (Phi) is 4.06. The summed E-state index contributed by atoms with van der Waals surface area (Å²) >= 11 is 6.02. The summed E-state index contributed by atoms with van der Waals surface area (Å²) in [6, 6.07) is 4.67. The average Bonchev–Trinajstić information content (AvgIpc) is 2.33. The molecule has 1 fully saturated rings. The highest BCUT2D eigenvalue weighted by atomic mass is 35.5. The quantitative estimate of drug-likeness (QED) is 0.838. The molecule has 1 heterocycles. The minimum absolute atomic E-state index is 0.0129. The smallest absolute Gasteiger partial charge is 0.339 e. The zero-order chi connectivity index (χ0) is 13.1. The summed E-state index contributed by atoms with van der Waals surface area (Å²) in [5.41, 5.74) is 0.365. The van der Waals surface area contributed by atoms with Crippen molar-refractivity contribution in [1.29, 1.82) is 0 Å². The summed E-state index contributed by atoms with van der Waals surface area (Å²) in [7, 11) is 1.21. The van der Waals surface area contributed by atoms with Gasteiger partial charge < -0.3 is 19.3 Å². The summed E-state index contributed by atoms with van der Waals surface area (Å²) in [5.74, 6) is -0.224. The Morgan fingerprint density at radius 3 is 2.78 bits per heavy atom. The summed E-state index contributed by atoms with van der Waals surface area (Å²) in [4.78, 5) is 11.2. The Bertz CT molecular complexity index is 444. The summed E-state index contributed by atoms with van der Waals surface area (Å²) < 4.78 is 15.0. The molecule has 1 aromatic carbocycles. The molecule has 0 aliphatic carbocycles. The van der Waals surface area contributed by atoms with Crippen molar-refractivity contribution in [1.82, 2.24) is 0 Å². The Balaban J connectivity index is 2.10. The molecule has 1 aliphatic heterocycles. The molecule has 0 bridgehead atoms. The minimum atomic E-state index is -1.34. The zero-order valence-electron chi connectivity index (χ0n) is 9.76. The molecule has 0 radical (unpaired) electrons. The van der Waals surface area contributed by atoms with Crippen LogP contribution in [0.25, 0.3) is 0 Å². The van der Waals surface area contributed by atoms with Gasteiger partial charge in [-0.15, -0.1) is 0 Å². The standard InChI is InChI=1S/C12H13ClO5/c1-16-12(15)11(14)7-2-3-10(9(13)4-7)18-8-5-17-6-8/h2-4,8,11,14H,5-6H2,1H3. The number of aliphatic hydroxyl groups is 1. The predicted octanol–water partition coefficient (Wildman–Crippen LogP) is 1.32. The first kappa shape index (κ1) is 13.1. The molecule has 1 atom stereocenters. The maximum Gasteiger partial charge on any atom is 0.339 e. The third kappa shape index (κ3) is 2.75. The Labute approximate surface area is 109 Å². The Morgan fingerprint density at radius 2 is 2.28 bits per heavy atom. The van der Waals surface area contributed by atoms with Crippen LogP contribution in [0.5, 0.6) is 5.75 Å². The van der Waals surface area contributed by atoms with Gasteiger partial charge in [0.2, 0.25) is 0 Å². The number of hydrogen-bond acceptors (Lipinski definition) is 5. The van der Waals surface area contributed by atoms with E-state index in [9.17, 15) is 9.90 Å². The van der Waals surface area contributed by atoms with E-state index in [1.54, 1.807) is 12.1 Å². The second-order valence-electron chi connectivity index (χ2n) is 3.89. The fourth-order valence-corrected chi connectivity index (χ4v) is 1.73. The van der Waals surface area contributed by atoms with Gasteiger partial charge in [-0.25, -0.2) is 4.79 Å². The second kappa shape index (κ2) is 5.56. The molecule has 18 heavy (non-hydrogen) atoms. The van der Waals surface area contributed by atoms with Gasteiger partial charge in [-0.3, -0.25) is 0 Å². The molecular formula is C12H13ClO5. The van der Waals surface area contributed by atoms with Crippen molar-refractivity contribution in [3.63, 3.8) is 0 Å². The number of aliphatic hydroxyl groups excluding tert-OH is 1. The fraction of sp³-hybridized carbons (Fsp3) is 0.417. The van der Waals surface area contributed by atoms with Gasteiger partial charge in [-0.1, -0.05) is 17.7 Å². The van der Waals surface area contributed by atoms with Gasteiger partial charge in [0.05, 0.1) is 25.3 Å². The van der Waals surface area contributed by atoms with E-state index in [-0.39, 0.29) is 6.10 Å². The van der Waals surface area contributed by atoms with Crippen LogP contribution in [0.1, 0.15) is 11.7 Å². The molecular weight excluding hydrogens is 260 g/mol. The highest BCUT2D eigenvalue weighted by Crippen LogP contribution is 2.29. The first-order chi connectivity index (χ1) is 8.61. The molecule has 0 saturated carbocycles. The number of rotatable bonds is 4. The van der Waals surface area contributed by atoms with Gasteiger partial charge in [0.1, 0.15) is 11.9 Å². The topological polar surface area (TPSA) is 65.0 Å². The van der Waals surface area contributed by atoms with Crippen LogP contribution in [0.3, 0.4) is 0 Å². The van der Waals surface area contributed by atoms with Crippen LogP contribution in [-0.2, 0) is 14.3 Å². The van der Waals surface area contributed by atoms with Crippen molar-refractivity contribution < 1.29 is 24.1 Å². The number of esters is 1. The predicted molar refractivity (Wildman–Crippen MR) is 63.7 cm³/mol. The maximum atomic E-state index is 11.2. The lowest BCUT2D eigenvalue weighted by Gasteiger charge is -2.27. The third-order valence-corrected chi connectivity index (χ3v) is 2.89. The Morgan fingerprint density at radius 1 is 1.56 bits per heavy atom. The molecule has 2 rings (SSSR count). The van der Waals surface area contributed by atoms with Crippen molar-refractivity contribution in [2.24, 2.45) is 0 Å². The van der Waals surface area contributed by atoms with Crippen molar-refractivity contribution in [3.8, 4) is 5.75 Å². The number of halogens is 1. The van der Waals surface area contributed by atoms with Gasteiger partial charge in [0.25, 0.3) is 0 Å². The summed E-state index contributed by atoms with van der Waals surface area (Å²) in [5, 5.41) is 9.99. The first-order valence-corrected chi connectivity index (χ1v) is 5.79. The number of carbonyl (C=O) groups excluding carboxylic acids is 1. The van der Waals surface area contributed by atoms with E-state index in [0.717, 1.165) is 0 Å². The van der Waals surface area contributed by atoms with Crippen molar-refractivity contribution in [2.45, 2.75) is 12.2 Å². The van der Waals surface area contributed by atoms with E-state index >= 15 is 0 Å². The molecule has 5 nitrogen and oxygen atoms in total. The van der Waals surface area contributed by atoms with Crippen molar-refractivity contribution in [3.05, 3.63) is 28.8 Å². The zero-order valence-corrected chi connectivity index (χ0v) is 10.5. The van der Waals surface area contributed by atoms with Crippen molar-refractivity contribution in [2.75, 3.05) is 20.3 Å².